The molecule has 3 aromatic rings. The van der Waals surface area contributed by atoms with E-state index >= 15 is 0 Å². The van der Waals surface area contributed by atoms with Crippen LogP contribution < -0.4 is 5.32 Å². The second-order valence-electron chi connectivity index (χ2n) is 8.98. The van der Waals surface area contributed by atoms with Crippen molar-refractivity contribution in [1.82, 2.24) is 24.7 Å². The summed E-state index contributed by atoms with van der Waals surface area (Å²) in [5.74, 6) is 0. The number of ether oxygens (including phenoxy) is 1. The number of pyridine rings is 1. The molecule has 36 heavy (non-hydrogen) atoms. The number of aromatic nitrogens is 2. The van der Waals surface area contributed by atoms with Gasteiger partial charge in [-0.1, -0.05) is 12.1 Å². The Hall–Kier alpha value is -2.95. The van der Waals surface area contributed by atoms with Crippen LogP contribution in [-0.4, -0.2) is 63.9 Å². The van der Waals surface area contributed by atoms with Crippen molar-refractivity contribution in [2.75, 3.05) is 39.4 Å². The van der Waals surface area contributed by atoms with Crippen molar-refractivity contribution in [3.05, 3.63) is 83.9 Å². The Labute approximate surface area is 213 Å². The smallest absolute Gasteiger partial charge is 0.379 e. The summed E-state index contributed by atoms with van der Waals surface area (Å²) in [6.45, 7) is 4.97. The van der Waals surface area contributed by atoms with E-state index in [4.69, 9.17) is 17.0 Å². The zero-order valence-electron chi connectivity index (χ0n) is 19.7. The quantitative estimate of drug-likeness (QED) is 0.465. The normalized spacial score (nSPS) is 21.1. The van der Waals surface area contributed by atoms with E-state index < -0.39 is 11.7 Å². The van der Waals surface area contributed by atoms with Gasteiger partial charge in [0.15, 0.2) is 5.11 Å². The van der Waals surface area contributed by atoms with Crippen LogP contribution in [0, 0.1) is 0 Å². The van der Waals surface area contributed by atoms with E-state index in [1.165, 1.54) is 12.1 Å². The van der Waals surface area contributed by atoms with Gasteiger partial charge in [-0.25, -0.2) is 0 Å². The SMILES string of the molecule is FC(F)(F)c1cccc(-n2cccc2[C@@H]2[C@H](c3ccccn3)NC(=S)N2CCCN2CCOCC2)c1. The number of alkyl halides is 3. The molecule has 0 spiro atoms. The van der Waals surface area contributed by atoms with Gasteiger partial charge < -0.3 is 19.5 Å². The van der Waals surface area contributed by atoms with Crippen molar-refractivity contribution >= 4 is 17.3 Å². The molecular weight excluding hydrogens is 487 g/mol. The first-order valence-electron chi connectivity index (χ1n) is 12.0. The van der Waals surface area contributed by atoms with Crippen LogP contribution >= 0.6 is 12.2 Å². The molecule has 1 aromatic carbocycles. The zero-order valence-corrected chi connectivity index (χ0v) is 20.5. The molecule has 190 valence electrons. The Morgan fingerprint density at radius 3 is 2.61 bits per heavy atom. The fourth-order valence-corrected chi connectivity index (χ4v) is 5.29. The molecule has 5 rings (SSSR count). The van der Waals surface area contributed by atoms with E-state index in [2.05, 4.69) is 20.1 Å². The molecule has 2 aliphatic heterocycles. The van der Waals surface area contributed by atoms with Crippen molar-refractivity contribution < 1.29 is 17.9 Å². The maximum Gasteiger partial charge on any atom is 0.416 e. The van der Waals surface area contributed by atoms with Gasteiger partial charge >= 0.3 is 6.18 Å². The zero-order chi connectivity index (χ0) is 25.1. The highest BCUT2D eigenvalue weighted by molar-refractivity contribution is 7.80. The summed E-state index contributed by atoms with van der Waals surface area (Å²) >= 11 is 5.76. The van der Waals surface area contributed by atoms with Gasteiger partial charge in [0, 0.05) is 50.0 Å². The Balaban J connectivity index is 1.47. The number of hydrogen-bond donors (Lipinski definition) is 1. The molecular formula is C26H28F3N5OS. The van der Waals surface area contributed by atoms with Crippen molar-refractivity contribution in [3.63, 3.8) is 0 Å². The van der Waals surface area contributed by atoms with Gasteiger partial charge in [-0.3, -0.25) is 9.88 Å². The molecule has 0 bridgehead atoms. The molecule has 6 nitrogen and oxygen atoms in total. The molecule has 2 atom stereocenters. The summed E-state index contributed by atoms with van der Waals surface area (Å²) in [5.41, 5.74) is 1.46. The summed E-state index contributed by atoms with van der Waals surface area (Å²) in [6, 6.07) is 14.5. The van der Waals surface area contributed by atoms with Crippen LogP contribution in [0.5, 0.6) is 0 Å². The fourth-order valence-electron chi connectivity index (χ4n) is 4.96. The second kappa shape index (κ2) is 10.6. The lowest BCUT2D eigenvalue weighted by molar-refractivity contribution is -0.137. The third-order valence-corrected chi connectivity index (χ3v) is 7.06. The average Bonchev–Trinajstić information content (AvgIpc) is 3.49. The number of benzene rings is 1. The Bertz CT molecular complexity index is 1180. The predicted molar refractivity (Wildman–Crippen MR) is 135 cm³/mol. The highest BCUT2D eigenvalue weighted by Gasteiger charge is 2.41. The Kier molecular flexibility index (Phi) is 7.27. The number of nitrogens with one attached hydrogen (secondary N) is 1. The van der Waals surface area contributed by atoms with Crippen LogP contribution in [0.1, 0.15) is 35.5 Å². The largest absolute Gasteiger partial charge is 0.416 e. The fraction of sp³-hybridized carbons (Fsp3) is 0.385. The maximum absolute atomic E-state index is 13.4. The lowest BCUT2D eigenvalue weighted by atomic mass is 10.0. The van der Waals surface area contributed by atoms with E-state index in [1.807, 2.05) is 34.9 Å². The van der Waals surface area contributed by atoms with E-state index in [1.54, 1.807) is 18.5 Å². The molecule has 4 heterocycles. The summed E-state index contributed by atoms with van der Waals surface area (Å²) in [4.78, 5) is 9.09. The Morgan fingerprint density at radius 1 is 1.03 bits per heavy atom. The van der Waals surface area contributed by atoms with Crippen molar-refractivity contribution in [2.24, 2.45) is 0 Å². The molecule has 1 N–H and O–H groups in total. The number of nitrogens with zero attached hydrogens (tertiary/aromatic N) is 4. The lowest BCUT2D eigenvalue weighted by Crippen LogP contribution is -2.39. The third-order valence-electron chi connectivity index (χ3n) is 6.71. The van der Waals surface area contributed by atoms with Gasteiger partial charge in [-0.15, -0.1) is 0 Å². The molecule has 0 saturated carbocycles. The molecule has 2 saturated heterocycles. The first-order chi connectivity index (χ1) is 17.4. The van der Waals surface area contributed by atoms with Gasteiger partial charge in [0.1, 0.15) is 0 Å². The van der Waals surface area contributed by atoms with Crippen molar-refractivity contribution in [3.8, 4) is 5.69 Å². The monoisotopic (exact) mass is 515 g/mol. The number of rotatable bonds is 7. The maximum atomic E-state index is 13.4. The molecule has 2 fully saturated rings. The molecule has 2 aliphatic rings. The second-order valence-corrected chi connectivity index (χ2v) is 9.37. The van der Waals surface area contributed by atoms with Crippen molar-refractivity contribution in [1.29, 1.82) is 0 Å². The standard InChI is InChI=1S/C26H28F3N5OS/c27-26(28,29)19-6-3-7-20(18-19)33-12-4-9-22(33)24-23(21-8-1-2-10-30-21)31-25(36)34(24)13-5-11-32-14-16-35-17-15-32/h1-4,6-10,12,18,23-24H,5,11,13-17H2,(H,31,36)/t23-,24+/m0/s1. The molecule has 2 aromatic heterocycles. The van der Waals surface area contributed by atoms with Crippen molar-refractivity contribution in [2.45, 2.75) is 24.7 Å². The number of morpholine rings is 1. The molecule has 10 heteroatoms. The van der Waals surface area contributed by atoms with E-state index in [9.17, 15) is 13.2 Å². The number of hydrogen-bond acceptors (Lipinski definition) is 4. The van der Waals surface area contributed by atoms with Crippen LogP contribution in [0.25, 0.3) is 5.69 Å². The summed E-state index contributed by atoms with van der Waals surface area (Å²) < 4.78 is 47.6. The minimum Gasteiger partial charge on any atom is -0.379 e. The molecule has 0 unspecified atom stereocenters. The van der Waals surface area contributed by atoms with E-state index in [0.29, 0.717) is 17.3 Å². The highest BCUT2D eigenvalue weighted by Crippen LogP contribution is 2.40. The number of halogens is 3. The first-order valence-corrected chi connectivity index (χ1v) is 12.5. The topological polar surface area (TPSA) is 45.6 Å². The summed E-state index contributed by atoms with van der Waals surface area (Å²) in [7, 11) is 0. The summed E-state index contributed by atoms with van der Waals surface area (Å²) in [6.07, 6.45) is 0.0248. The molecule has 0 radical (unpaired) electrons. The number of thiocarbonyl (C=S) groups is 1. The van der Waals surface area contributed by atoms with E-state index in [0.717, 1.165) is 56.7 Å². The van der Waals surface area contributed by atoms with Crippen LogP contribution in [-0.2, 0) is 10.9 Å². The minimum absolute atomic E-state index is 0.235. The highest BCUT2D eigenvalue weighted by atomic mass is 32.1. The first kappa shape index (κ1) is 24.7. The Morgan fingerprint density at radius 2 is 1.86 bits per heavy atom. The molecule has 0 aliphatic carbocycles. The van der Waals surface area contributed by atoms with Gasteiger partial charge in [0.2, 0.25) is 0 Å². The van der Waals surface area contributed by atoms with Crippen LogP contribution in [0.3, 0.4) is 0 Å². The predicted octanol–water partition coefficient (Wildman–Crippen LogP) is 4.59. The van der Waals surface area contributed by atoms with Gasteiger partial charge in [0.25, 0.3) is 0 Å². The molecule has 0 amide bonds. The third kappa shape index (κ3) is 5.25. The van der Waals surface area contributed by atoms with E-state index in [-0.39, 0.29) is 12.1 Å². The van der Waals surface area contributed by atoms with Gasteiger partial charge in [0.05, 0.1) is 36.6 Å². The lowest BCUT2D eigenvalue weighted by Gasteiger charge is -2.31. The summed E-state index contributed by atoms with van der Waals surface area (Å²) in [5, 5.41) is 4.05. The van der Waals surface area contributed by atoms with Gasteiger partial charge in [-0.05, 0) is 61.1 Å². The minimum atomic E-state index is -4.41. The average molecular weight is 516 g/mol. The van der Waals surface area contributed by atoms with Gasteiger partial charge in [-0.2, -0.15) is 13.2 Å². The van der Waals surface area contributed by atoms with Crippen LogP contribution in [0.15, 0.2) is 67.0 Å². The van der Waals surface area contributed by atoms with Crippen LogP contribution in [0.4, 0.5) is 13.2 Å². The van der Waals surface area contributed by atoms with Crippen LogP contribution in [0.2, 0.25) is 0 Å².